The molecule has 9 nitrogen and oxygen atoms in total. The lowest BCUT2D eigenvalue weighted by Gasteiger charge is -2.17. The number of nitrogens with zero attached hydrogens (tertiary/aromatic N) is 6. The summed E-state index contributed by atoms with van der Waals surface area (Å²) in [6.45, 7) is 2.73. The van der Waals surface area contributed by atoms with Crippen molar-refractivity contribution in [1.29, 1.82) is 0 Å². The first kappa shape index (κ1) is 20.1. The molecule has 0 saturated carbocycles. The van der Waals surface area contributed by atoms with Crippen LogP contribution in [0.25, 0.3) is 16.6 Å². The zero-order valence-corrected chi connectivity index (χ0v) is 18.5. The van der Waals surface area contributed by atoms with Gasteiger partial charge in [0.05, 0.1) is 5.52 Å². The minimum Gasteiger partial charge on any atom is -0.457 e. The highest BCUT2D eigenvalue weighted by Crippen LogP contribution is 2.32. The highest BCUT2D eigenvalue weighted by molar-refractivity contribution is 5.99. The summed E-state index contributed by atoms with van der Waals surface area (Å²) in [4.78, 5) is 27.1. The second-order valence-electron chi connectivity index (χ2n) is 8.21. The predicted molar refractivity (Wildman–Crippen MR) is 129 cm³/mol. The van der Waals surface area contributed by atoms with Crippen LogP contribution >= 0.6 is 0 Å². The number of rotatable bonds is 5. The molecule has 2 aromatic carbocycles. The van der Waals surface area contributed by atoms with Crippen LogP contribution in [0.2, 0.25) is 0 Å². The van der Waals surface area contributed by atoms with Gasteiger partial charge in [0.25, 0.3) is 0 Å². The van der Waals surface area contributed by atoms with Gasteiger partial charge in [-0.2, -0.15) is 5.10 Å². The van der Waals surface area contributed by atoms with E-state index in [1.807, 2.05) is 66.6 Å². The summed E-state index contributed by atoms with van der Waals surface area (Å²) in [5.41, 5.74) is 4.25. The number of fused-ring (bicyclic) bond motifs is 2. The highest BCUT2D eigenvalue weighted by Gasteiger charge is 2.22. The van der Waals surface area contributed by atoms with Crippen LogP contribution in [0.15, 0.2) is 67.4 Å². The van der Waals surface area contributed by atoms with E-state index in [-0.39, 0.29) is 5.91 Å². The van der Waals surface area contributed by atoms with Crippen molar-refractivity contribution in [2.45, 2.75) is 19.8 Å². The Morgan fingerprint density at radius 1 is 1.00 bits per heavy atom. The number of benzene rings is 2. The van der Waals surface area contributed by atoms with Gasteiger partial charge in [-0.1, -0.05) is 0 Å². The van der Waals surface area contributed by atoms with E-state index in [9.17, 15) is 4.79 Å². The fourth-order valence-electron chi connectivity index (χ4n) is 4.20. The van der Waals surface area contributed by atoms with Gasteiger partial charge >= 0.3 is 0 Å². The summed E-state index contributed by atoms with van der Waals surface area (Å²) in [7, 11) is 0. The second kappa shape index (κ2) is 8.11. The monoisotopic (exact) mass is 451 g/mol. The molecule has 168 valence electrons. The number of pyridine rings is 1. The lowest BCUT2D eigenvalue weighted by atomic mass is 10.1. The second-order valence-corrected chi connectivity index (χ2v) is 8.21. The zero-order valence-electron chi connectivity index (χ0n) is 18.5. The molecule has 0 radical (unpaired) electrons. The van der Waals surface area contributed by atoms with Crippen LogP contribution in [-0.4, -0.2) is 37.0 Å². The Bertz CT molecular complexity index is 1550. The van der Waals surface area contributed by atoms with Gasteiger partial charge < -0.3 is 15.0 Å². The summed E-state index contributed by atoms with van der Waals surface area (Å²) >= 11 is 0. The number of aromatic nitrogens is 5. The van der Waals surface area contributed by atoms with Crippen molar-refractivity contribution >= 4 is 39.6 Å². The molecule has 9 heteroatoms. The maximum atomic E-state index is 12.2. The number of hydrogen-bond donors (Lipinski definition) is 1. The van der Waals surface area contributed by atoms with E-state index in [4.69, 9.17) is 4.74 Å². The number of carbonyl (C=O) groups excluding carboxylic acids is 1. The summed E-state index contributed by atoms with van der Waals surface area (Å²) in [6, 6.07) is 15.4. The first-order chi connectivity index (χ1) is 16.6. The third kappa shape index (κ3) is 3.66. The van der Waals surface area contributed by atoms with Crippen LogP contribution in [0.5, 0.6) is 11.5 Å². The van der Waals surface area contributed by atoms with E-state index in [1.165, 1.54) is 12.7 Å². The van der Waals surface area contributed by atoms with E-state index in [1.54, 1.807) is 4.52 Å². The Balaban J connectivity index is 1.27. The van der Waals surface area contributed by atoms with Crippen molar-refractivity contribution in [3.63, 3.8) is 0 Å². The summed E-state index contributed by atoms with van der Waals surface area (Å²) < 4.78 is 7.76. The number of nitrogens with one attached hydrogen (secondary N) is 1. The molecule has 4 heterocycles. The highest BCUT2D eigenvalue weighted by atomic mass is 16.5. The molecule has 3 aromatic heterocycles. The lowest BCUT2D eigenvalue weighted by molar-refractivity contribution is -0.117. The molecule has 1 aliphatic heterocycles. The average Bonchev–Trinajstić information content (AvgIpc) is 3.49. The quantitative estimate of drug-likeness (QED) is 0.416. The van der Waals surface area contributed by atoms with Crippen LogP contribution in [0.1, 0.15) is 18.4 Å². The molecule has 5 aromatic rings. The summed E-state index contributed by atoms with van der Waals surface area (Å²) in [6.07, 6.45) is 6.33. The fraction of sp³-hybridized carbons (Fsp3) is 0.160. The Kier molecular flexibility index (Phi) is 4.80. The number of ether oxygens (including phenoxy) is 1. The zero-order chi connectivity index (χ0) is 23.1. The maximum Gasteiger partial charge on any atom is 0.227 e. The minimum atomic E-state index is 0.153. The van der Waals surface area contributed by atoms with E-state index in [2.05, 4.69) is 25.4 Å². The molecular formula is C25H21N7O2. The molecule has 0 bridgehead atoms. The van der Waals surface area contributed by atoms with Crippen molar-refractivity contribution in [2.75, 3.05) is 16.8 Å². The van der Waals surface area contributed by atoms with Gasteiger partial charge in [-0.3, -0.25) is 4.79 Å². The SMILES string of the molecule is Cc1cc(Nc2ncnc3ccc(N4CCCC4=O)cc23)ccc1Oc1ccn2ncnc2c1. The molecule has 0 unspecified atom stereocenters. The molecule has 34 heavy (non-hydrogen) atoms. The van der Waals surface area contributed by atoms with Gasteiger partial charge in [-0.05, 0) is 61.4 Å². The molecule has 1 amide bonds. The predicted octanol–water partition coefficient (Wildman–Crippen LogP) is 4.64. The topological polar surface area (TPSA) is 97.5 Å². The lowest BCUT2D eigenvalue weighted by Crippen LogP contribution is -2.23. The van der Waals surface area contributed by atoms with Gasteiger partial charge in [-0.15, -0.1) is 0 Å². The Morgan fingerprint density at radius 2 is 1.94 bits per heavy atom. The maximum absolute atomic E-state index is 12.2. The molecule has 1 N–H and O–H groups in total. The van der Waals surface area contributed by atoms with Gasteiger partial charge in [0, 0.05) is 42.0 Å². The smallest absolute Gasteiger partial charge is 0.227 e. The molecule has 1 saturated heterocycles. The number of aryl methyl sites for hydroxylation is 1. The average molecular weight is 451 g/mol. The van der Waals surface area contributed by atoms with Crippen LogP contribution in [-0.2, 0) is 4.79 Å². The summed E-state index contributed by atoms with van der Waals surface area (Å²) in [5.74, 6) is 2.27. The molecule has 0 atom stereocenters. The van der Waals surface area contributed by atoms with Crippen molar-refractivity contribution < 1.29 is 9.53 Å². The molecule has 0 spiro atoms. The fourth-order valence-corrected chi connectivity index (χ4v) is 4.20. The van der Waals surface area contributed by atoms with Crippen molar-refractivity contribution in [1.82, 2.24) is 24.6 Å². The molecule has 0 aliphatic carbocycles. The van der Waals surface area contributed by atoms with Crippen LogP contribution in [0.3, 0.4) is 0 Å². The minimum absolute atomic E-state index is 0.153. The molecule has 1 fully saturated rings. The number of hydrogen-bond acceptors (Lipinski definition) is 7. The number of amides is 1. The van der Waals surface area contributed by atoms with E-state index in [0.29, 0.717) is 18.0 Å². The largest absolute Gasteiger partial charge is 0.457 e. The summed E-state index contributed by atoms with van der Waals surface area (Å²) in [5, 5.41) is 8.36. The molecule has 6 rings (SSSR count). The van der Waals surface area contributed by atoms with Crippen molar-refractivity contribution in [3.05, 3.63) is 72.9 Å². The molecule has 1 aliphatic rings. The van der Waals surface area contributed by atoms with Crippen LogP contribution in [0, 0.1) is 6.92 Å². The first-order valence-corrected chi connectivity index (χ1v) is 11.0. The standard InChI is InChI=1S/C25H21N7O2/c1-16-11-17(4-7-22(16)34-19-8-10-32-23(13-19)27-15-29-32)30-25-20-12-18(31-9-2-3-24(31)33)5-6-21(20)26-14-28-25/h4-8,10-15H,2-3,9H2,1H3,(H,26,28,30). The van der Waals surface area contributed by atoms with Gasteiger partial charge in [0.2, 0.25) is 5.91 Å². The van der Waals surface area contributed by atoms with Crippen LogP contribution < -0.4 is 15.0 Å². The number of carbonyl (C=O) groups is 1. The van der Waals surface area contributed by atoms with E-state index in [0.717, 1.165) is 52.2 Å². The van der Waals surface area contributed by atoms with Crippen LogP contribution in [0.4, 0.5) is 17.2 Å². The molecular weight excluding hydrogens is 430 g/mol. The third-order valence-corrected chi connectivity index (χ3v) is 5.92. The Morgan fingerprint density at radius 3 is 2.79 bits per heavy atom. The number of anilines is 3. The Labute approximate surface area is 195 Å². The van der Waals surface area contributed by atoms with Crippen molar-refractivity contribution in [3.8, 4) is 11.5 Å². The third-order valence-electron chi connectivity index (χ3n) is 5.92. The Hall–Kier alpha value is -4.53. The van der Waals surface area contributed by atoms with Gasteiger partial charge in [0.1, 0.15) is 30.0 Å². The van der Waals surface area contributed by atoms with Crippen molar-refractivity contribution in [2.24, 2.45) is 0 Å². The van der Waals surface area contributed by atoms with E-state index >= 15 is 0 Å². The van der Waals surface area contributed by atoms with E-state index < -0.39 is 0 Å². The first-order valence-electron chi connectivity index (χ1n) is 11.0. The van der Waals surface area contributed by atoms with Gasteiger partial charge in [0.15, 0.2) is 5.65 Å². The normalized spacial score (nSPS) is 13.7. The van der Waals surface area contributed by atoms with Gasteiger partial charge in [-0.25, -0.2) is 19.5 Å².